The van der Waals surface area contributed by atoms with Crippen molar-refractivity contribution in [3.63, 3.8) is 0 Å². The molecule has 1 amide bonds. The number of fused-ring (bicyclic) bond motifs is 1. The van der Waals surface area contributed by atoms with Crippen molar-refractivity contribution in [1.82, 2.24) is 0 Å². The van der Waals surface area contributed by atoms with Crippen molar-refractivity contribution in [1.29, 1.82) is 0 Å². The number of amides is 1. The van der Waals surface area contributed by atoms with E-state index in [0.29, 0.717) is 22.3 Å². The van der Waals surface area contributed by atoms with Gasteiger partial charge >= 0.3 is 0 Å². The van der Waals surface area contributed by atoms with Crippen LogP contribution in [0.4, 0.5) is 5.69 Å². The molecule has 0 spiro atoms. The smallest absolute Gasteiger partial charge is 0.255 e. The molecule has 0 aliphatic carbocycles. The third kappa shape index (κ3) is 4.10. The topological polar surface area (TPSA) is 59.3 Å². The molecule has 4 nitrogen and oxygen atoms in total. The van der Waals surface area contributed by atoms with Crippen LogP contribution in [-0.4, -0.2) is 5.91 Å². The Hall–Kier alpha value is -2.93. The highest BCUT2D eigenvalue weighted by Crippen LogP contribution is 2.24. The van der Waals surface area contributed by atoms with Crippen LogP contribution in [0.15, 0.2) is 75.9 Å². The van der Waals surface area contributed by atoms with Crippen LogP contribution < -0.4 is 10.7 Å². The van der Waals surface area contributed by atoms with Gasteiger partial charge in [-0.1, -0.05) is 23.8 Å². The predicted octanol–water partition coefficient (Wildman–Crippen LogP) is 5.93. The highest BCUT2D eigenvalue weighted by atomic mass is 127. The van der Waals surface area contributed by atoms with Crippen molar-refractivity contribution in [2.24, 2.45) is 0 Å². The van der Waals surface area contributed by atoms with E-state index >= 15 is 0 Å². The molecule has 1 aromatic heterocycles. The maximum atomic E-state index is 12.6. The molecule has 0 saturated heterocycles. The summed E-state index contributed by atoms with van der Waals surface area (Å²) in [5.41, 5.74) is 4.55. The number of hydrogen-bond acceptors (Lipinski definition) is 3. The monoisotopic (exact) mass is 495 g/mol. The molecule has 1 N–H and O–H groups in total. The van der Waals surface area contributed by atoms with Gasteiger partial charge in [0.05, 0.1) is 5.39 Å². The van der Waals surface area contributed by atoms with E-state index in [4.69, 9.17) is 4.42 Å². The van der Waals surface area contributed by atoms with E-state index in [0.717, 1.165) is 25.9 Å². The Morgan fingerprint density at radius 2 is 1.69 bits per heavy atom. The molecule has 29 heavy (non-hydrogen) atoms. The van der Waals surface area contributed by atoms with Gasteiger partial charge in [0.15, 0.2) is 5.43 Å². The lowest BCUT2D eigenvalue weighted by Gasteiger charge is -2.09. The highest BCUT2D eigenvalue weighted by molar-refractivity contribution is 14.1. The van der Waals surface area contributed by atoms with Gasteiger partial charge in [-0.25, -0.2) is 0 Å². The molecule has 0 saturated carbocycles. The molecule has 3 aromatic carbocycles. The number of rotatable bonds is 3. The lowest BCUT2D eigenvalue weighted by Crippen LogP contribution is -2.12. The molecule has 144 valence electrons. The Bertz CT molecular complexity index is 1290. The van der Waals surface area contributed by atoms with E-state index in [9.17, 15) is 9.59 Å². The second-order valence-electron chi connectivity index (χ2n) is 6.97. The van der Waals surface area contributed by atoms with Crippen LogP contribution in [0, 0.1) is 17.4 Å². The quantitative estimate of drug-likeness (QED) is 0.359. The predicted molar refractivity (Wildman–Crippen MR) is 125 cm³/mol. The van der Waals surface area contributed by atoms with Crippen molar-refractivity contribution < 1.29 is 9.21 Å². The molecule has 4 aromatic rings. The van der Waals surface area contributed by atoms with Crippen molar-refractivity contribution in [3.8, 4) is 11.3 Å². The number of nitrogens with one attached hydrogen (secondary N) is 1. The fraction of sp³-hybridized carbons (Fsp3) is 0.0833. The number of benzene rings is 3. The number of carbonyl (C=O) groups excluding carboxylic acids is 1. The van der Waals surface area contributed by atoms with Gasteiger partial charge in [-0.2, -0.15) is 0 Å². The molecule has 0 atom stereocenters. The molecule has 0 aliphatic rings. The van der Waals surface area contributed by atoms with Gasteiger partial charge in [0.25, 0.3) is 5.91 Å². The molecular formula is C24H18INO3. The fourth-order valence-corrected chi connectivity index (χ4v) is 3.81. The summed E-state index contributed by atoms with van der Waals surface area (Å²) >= 11 is 2.24. The Balaban J connectivity index is 1.60. The average Bonchev–Trinajstić information content (AvgIpc) is 2.70. The first-order valence-corrected chi connectivity index (χ1v) is 10.2. The lowest BCUT2D eigenvalue weighted by atomic mass is 10.1. The third-order valence-electron chi connectivity index (χ3n) is 4.75. The van der Waals surface area contributed by atoms with Crippen molar-refractivity contribution >= 4 is 45.2 Å². The van der Waals surface area contributed by atoms with E-state index in [1.165, 1.54) is 6.07 Å². The number of halogens is 1. The maximum Gasteiger partial charge on any atom is 0.255 e. The van der Waals surface area contributed by atoms with Gasteiger partial charge in [-0.3, -0.25) is 9.59 Å². The second kappa shape index (κ2) is 7.83. The van der Waals surface area contributed by atoms with Crippen LogP contribution in [0.5, 0.6) is 0 Å². The first-order chi connectivity index (χ1) is 13.9. The standard InChI is InChI=1S/C24H18INO3/c1-14-3-10-22-19(11-14)21(27)13-23(29-22)16-4-6-17(7-5-16)24(28)26-20-9-8-18(25)12-15(20)2/h3-13H,1-2H3,(H,26,28). The Kier molecular flexibility index (Phi) is 5.24. The van der Waals surface area contributed by atoms with Crippen LogP contribution >= 0.6 is 22.6 Å². The molecule has 1 heterocycles. The Labute approximate surface area is 181 Å². The Morgan fingerprint density at radius 1 is 0.931 bits per heavy atom. The largest absolute Gasteiger partial charge is 0.456 e. The van der Waals surface area contributed by atoms with E-state index < -0.39 is 0 Å². The summed E-state index contributed by atoms with van der Waals surface area (Å²) in [5, 5.41) is 3.50. The van der Waals surface area contributed by atoms with Crippen LogP contribution in [0.25, 0.3) is 22.3 Å². The summed E-state index contributed by atoms with van der Waals surface area (Å²) in [7, 11) is 0. The number of hydrogen-bond donors (Lipinski definition) is 1. The summed E-state index contributed by atoms with van der Waals surface area (Å²) in [4.78, 5) is 25.0. The van der Waals surface area contributed by atoms with Gasteiger partial charge < -0.3 is 9.73 Å². The van der Waals surface area contributed by atoms with Gasteiger partial charge in [-0.15, -0.1) is 0 Å². The average molecular weight is 495 g/mol. The molecule has 0 radical (unpaired) electrons. The summed E-state index contributed by atoms with van der Waals surface area (Å²) < 4.78 is 7.03. The van der Waals surface area contributed by atoms with Gasteiger partial charge in [0.2, 0.25) is 0 Å². The minimum Gasteiger partial charge on any atom is -0.456 e. The van der Waals surface area contributed by atoms with Crippen LogP contribution in [-0.2, 0) is 0 Å². The third-order valence-corrected chi connectivity index (χ3v) is 5.42. The summed E-state index contributed by atoms with van der Waals surface area (Å²) in [5.74, 6) is 0.295. The minimum absolute atomic E-state index is 0.0824. The summed E-state index contributed by atoms with van der Waals surface area (Å²) in [6.07, 6.45) is 0. The zero-order valence-electron chi connectivity index (χ0n) is 16.0. The normalized spacial score (nSPS) is 10.9. The van der Waals surface area contributed by atoms with E-state index in [1.54, 1.807) is 30.3 Å². The van der Waals surface area contributed by atoms with E-state index in [-0.39, 0.29) is 11.3 Å². The van der Waals surface area contributed by atoms with Gasteiger partial charge in [-0.05, 0) is 84.5 Å². The van der Waals surface area contributed by atoms with Crippen LogP contribution in [0.2, 0.25) is 0 Å². The molecule has 0 fully saturated rings. The van der Waals surface area contributed by atoms with Crippen molar-refractivity contribution in [3.05, 3.63) is 97.2 Å². The van der Waals surface area contributed by atoms with Crippen molar-refractivity contribution in [2.75, 3.05) is 5.32 Å². The SMILES string of the molecule is Cc1ccc2oc(-c3ccc(C(=O)Nc4ccc(I)cc4C)cc3)cc(=O)c2c1. The highest BCUT2D eigenvalue weighted by Gasteiger charge is 2.11. The zero-order valence-corrected chi connectivity index (χ0v) is 18.1. The molecule has 0 aliphatic heterocycles. The second-order valence-corrected chi connectivity index (χ2v) is 8.21. The zero-order chi connectivity index (χ0) is 20.5. The van der Waals surface area contributed by atoms with Crippen LogP contribution in [0.3, 0.4) is 0 Å². The molecule has 0 bridgehead atoms. The molecule has 4 rings (SSSR count). The fourth-order valence-electron chi connectivity index (χ4n) is 3.16. The maximum absolute atomic E-state index is 12.6. The first-order valence-electron chi connectivity index (χ1n) is 9.13. The van der Waals surface area contributed by atoms with E-state index in [2.05, 4.69) is 27.9 Å². The molecule has 0 unspecified atom stereocenters. The van der Waals surface area contributed by atoms with Gasteiger partial charge in [0, 0.05) is 26.5 Å². The number of carbonyl (C=O) groups is 1. The van der Waals surface area contributed by atoms with Crippen molar-refractivity contribution in [2.45, 2.75) is 13.8 Å². The lowest BCUT2D eigenvalue weighted by molar-refractivity contribution is 0.102. The minimum atomic E-state index is -0.184. The van der Waals surface area contributed by atoms with Gasteiger partial charge in [0.1, 0.15) is 11.3 Å². The first kappa shape index (κ1) is 19.4. The molecular weight excluding hydrogens is 477 g/mol. The Morgan fingerprint density at radius 3 is 2.41 bits per heavy atom. The summed E-state index contributed by atoms with van der Waals surface area (Å²) in [6.45, 7) is 3.90. The molecule has 5 heteroatoms. The van der Waals surface area contributed by atoms with Crippen LogP contribution in [0.1, 0.15) is 21.5 Å². The number of aryl methyl sites for hydroxylation is 2. The number of anilines is 1. The summed E-state index contributed by atoms with van der Waals surface area (Å²) in [6, 6.07) is 19.9. The van der Waals surface area contributed by atoms with E-state index in [1.807, 2.05) is 44.2 Å².